The van der Waals surface area contributed by atoms with Gasteiger partial charge in [0.15, 0.2) is 5.76 Å². The average molecular weight is 314 g/mol. The number of aromatic amines is 2. The third-order valence-corrected chi connectivity index (χ3v) is 3.01. The summed E-state index contributed by atoms with van der Waals surface area (Å²) in [6.45, 7) is 0. The Morgan fingerprint density at radius 3 is 2.91 bits per heavy atom. The van der Waals surface area contributed by atoms with Crippen molar-refractivity contribution in [2.24, 2.45) is 0 Å². The molecule has 0 aliphatic rings. The van der Waals surface area contributed by atoms with Gasteiger partial charge in [0, 0.05) is 12.5 Å². The molecule has 3 aromatic rings. The molecule has 0 radical (unpaired) electrons. The van der Waals surface area contributed by atoms with Crippen LogP contribution in [-0.4, -0.2) is 41.7 Å². The molecule has 2 aromatic heterocycles. The van der Waals surface area contributed by atoms with Crippen molar-refractivity contribution < 1.29 is 14.3 Å². The summed E-state index contributed by atoms with van der Waals surface area (Å²) < 4.78 is 13.1. The summed E-state index contributed by atoms with van der Waals surface area (Å²) in [5.74, 6) is -1.32. The Morgan fingerprint density at radius 2 is 2.17 bits per heavy atom. The van der Waals surface area contributed by atoms with Crippen LogP contribution in [0.1, 0.15) is 27.6 Å². The summed E-state index contributed by atoms with van der Waals surface area (Å²) in [7, 11) is 0. The number of hydrogen-bond donors (Lipinski definition) is 3. The number of hydrogen-bond acceptors (Lipinski definition) is 6. The molecule has 0 aliphatic heterocycles. The van der Waals surface area contributed by atoms with Gasteiger partial charge in [0.1, 0.15) is 11.5 Å². The topological polar surface area (TPSA) is 120 Å². The number of H-pyrrole nitrogens is 2. The monoisotopic (exact) mass is 314 g/mol. The maximum absolute atomic E-state index is 13.1. The number of aromatic nitrogens is 6. The third-order valence-electron chi connectivity index (χ3n) is 3.01. The van der Waals surface area contributed by atoms with Gasteiger partial charge in [0.25, 0.3) is 0 Å². The second-order valence-electron chi connectivity index (χ2n) is 4.71. The molecule has 116 valence electrons. The van der Waals surface area contributed by atoms with Gasteiger partial charge < -0.3 is 5.11 Å². The second kappa shape index (κ2) is 6.18. The van der Waals surface area contributed by atoms with Crippen molar-refractivity contribution in [3.63, 3.8) is 0 Å². The molecular formula is C14H11FN6O2. The lowest BCUT2D eigenvalue weighted by molar-refractivity contribution is 0.104. The van der Waals surface area contributed by atoms with E-state index in [2.05, 4.69) is 30.8 Å². The predicted molar refractivity (Wildman–Crippen MR) is 76.9 cm³/mol. The molecule has 8 nitrogen and oxygen atoms in total. The number of nitrogens with one attached hydrogen (secondary N) is 2. The summed E-state index contributed by atoms with van der Waals surface area (Å²) in [4.78, 5) is 12.0. The maximum Gasteiger partial charge on any atom is 0.239 e. The molecule has 0 saturated heterocycles. The zero-order valence-electron chi connectivity index (χ0n) is 11.7. The summed E-state index contributed by atoms with van der Waals surface area (Å²) in [6.07, 6.45) is 1.34. The molecule has 0 spiro atoms. The smallest absolute Gasteiger partial charge is 0.239 e. The van der Waals surface area contributed by atoms with Crippen molar-refractivity contribution in [1.29, 1.82) is 0 Å². The molecule has 0 bridgehead atoms. The number of halogens is 1. The zero-order valence-corrected chi connectivity index (χ0v) is 11.7. The van der Waals surface area contributed by atoms with E-state index in [1.165, 1.54) is 18.2 Å². The first kappa shape index (κ1) is 14.6. The van der Waals surface area contributed by atoms with Crippen LogP contribution in [0.3, 0.4) is 0 Å². The van der Waals surface area contributed by atoms with Gasteiger partial charge in [-0.1, -0.05) is 12.1 Å². The van der Waals surface area contributed by atoms with E-state index >= 15 is 0 Å². The van der Waals surface area contributed by atoms with E-state index in [4.69, 9.17) is 0 Å². The molecule has 0 amide bonds. The number of aliphatic hydroxyl groups is 1. The number of ketones is 1. The van der Waals surface area contributed by atoms with Crippen LogP contribution in [0.15, 0.2) is 36.4 Å². The molecule has 1 aromatic carbocycles. The molecule has 3 rings (SSSR count). The van der Waals surface area contributed by atoms with E-state index in [0.717, 1.165) is 11.6 Å². The van der Waals surface area contributed by atoms with Gasteiger partial charge in [0.2, 0.25) is 11.6 Å². The number of carbonyl (C=O) groups excluding carboxylic acids is 1. The van der Waals surface area contributed by atoms with E-state index < -0.39 is 11.5 Å². The van der Waals surface area contributed by atoms with Crippen molar-refractivity contribution in [1.82, 2.24) is 30.8 Å². The largest absolute Gasteiger partial charge is 0.504 e. The van der Waals surface area contributed by atoms with E-state index in [0.29, 0.717) is 12.1 Å². The van der Waals surface area contributed by atoms with Crippen LogP contribution in [-0.2, 0) is 6.42 Å². The third kappa shape index (κ3) is 3.46. The minimum absolute atomic E-state index is 0.0853. The molecule has 23 heavy (non-hydrogen) atoms. The fourth-order valence-corrected chi connectivity index (χ4v) is 1.97. The first-order valence-corrected chi connectivity index (χ1v) is 6.59. The number of carbonyl (C=O) groups is 1. The number of benzene rings is 1. The summed E-state index contributed by atoms with van der Waals surface area (Å²) in [6, 6.07) is 7.66. The Hall–Kier alpha value is -3.36. The molecule has 2 heterocycles. The average Bonchev–Trinajstić information content (AvgIpc) is 3.18. The Balaban J connectivity index is 1.74. The Kier molecular flexibility index (Phi) is 3.91. The normalized spacial score (nSPS) is 11.6. The van der Waals surface area contributed by atoms with E-state index in [-0.39, 0.29) is 17.3 Å². The van der Waals surface area contributed by atoms with E-state index in [9.17, 15) is 14.3 Å². The predicted octanol–water partition coefficient (Wildman–Crippen LogP) is 1.43. The van der Waals surface area contributed by atoms with Gasteiger partial charge in [-0.3, -0.25) is 9.89 Å². The minimum atomic E-state index is -0.495. The standard InChI is InChI=1S/C14H11FN6O2/c15-9-3-1-2-8(4-9)5-10-6-11(17-16-10)12(22)7-13(23)14-18-20-21-19-14/h1-4,6-7,23H,5H2,(H,16,17)(H,18,19,20,21). The second-order valence-corrected chi connectivity index (χ2v) is 4.71. The van der Waals surface area contributed by atoms with Crippen molar-refractivity contribution in [2.45, 2.75) is 6.42 Å². The van der Waals surface area contributed by atoms with Crippen LogP contribution in [0.5, 0.6) is 0 Å². The highest BCUT2D eigenvalue weighted by Crippen LogP contribution is 2.12. The highest BCUT2D eigenvalue weighted by atomic mass is 19.1. The first-order chi connectivity index (χ1) is 11.1. The fraction of sp³-hybridized carbons (Fsp3) is 0.0714. The molecule has 3 N–H and O–H groups in total. The number of allylic oxidation sites excluding steroid dienone is 1. The fourth-order valence-electron chi connectivity index (χ4n) is 1.97. The molecular weight excluding hydrogens is 303 g/mol. The number of aliphatic hydroxyl groups excluding tert-OH is 1. The van der Waals surface area contributed by atoms with Crippen molar-refractivity contribution in [2.75, 3.05) is 0 Å². The molecule has 0 atom stereocenters. The van der Waals surface area contributed by atoms with Gasteiger partial charge in [-0.25, -0.2) is 4.39 Å². The highest BCUT2D eigenvalue weighted by Gasteiger charge is 2.12. The number of rotatable bonds is 5. The minimum Gasteiger partial charge on any atom is -0.504 e. The van der Waals surface area contributed by atoms with Crippen molar-refractivity contribution in [3.8, 4) is 0 Å². The van der Waals surface area contributed by atoms with Crippen LogP contribution in [0.2, 0.25) is 0 Å². The lowest BCUT2D eigenvalue weighted by Gasteiger charge is -1.97. The Morgan fingerprint density at radius 1 is 1.30 bits per heavy atom. The lowest BCUT2D eigenvalue weighted by Crippen LogP contribution is -1.98. The van der Waals surface area contributed by atoms with E-state index in [1.807, 2.05) is 0 Å². The van der Waals surface area contributed by atoms with Crippen LogP contribution in [0.4, 0.5) is 4.39 Å². The number of nitrogens with zero attached hydrogens (tertiary/aromatic N) is 4. The Labute approximate surface area is 129 Å². The van der Waals surface area contributed by atoms with Crippen LogP contribution >= 0.6 is 0 Å². The lowest BCUT2D eigenvalue weighted by atomic mass is 10.1. The maximum atomic E-state index is 13.1. The molecule has 9 heteroatoms. The first-order valence-electron chi connectivity index (χ1n) is 6.59. The van der Waals surface area contributed by atoms with Gasteiger partial charge >= 0.3 is 0 Å². The Bertz CT molecular complexity index is 856. The molecule has 0 fully saturated rings. The van der Waals surface area contributed by atoms with E-state index in [1.54, 1.807) is 12.1 Å². The summed E-state index contributed by atoms with van der Waals surface area (Å²) >= 11 is 0. The molecule has 0 saturated carbocycles. The van der Waals surface area contributed by atoms with Gasteiger partial charge in [-0.15, -0.1) is 10.2 Å². The zero-order chi connectivity index (χ0) is 16.2. The summed E-state index contributed by atoms with van der Waals surface area (Å²) in [5.41, 5.74) is 1.50. The van der Waals surface area contributed by atoms with Crippen LogP contribution < -0.4 is 0 Å². The highest BCUT2D eigenvalue weighted by molar-refractivity contribution is 6.06. The molecule has 0 unspecified atom stereocenters. The molecule has 0 aliphatic carbocycles. The van der Waals surface area contributed by atoms with Gasteiger partial charge in [-0.2, -0.15) is 10.3 Å². The van der Waals surface area contributed by atoms with Crippen molar-refractivity contribution in [3.05, 3.63) is 65.0 Å². The van der Waals surface area contributed by atoms with Gasteiger partial charge in [-0.05, 0) is 29.0 Å². The quantitative estimate of drug-likeness (QED) is 0.372. The van der Waals surface area contributed by atoms with Crippen molar-refractivity contribution >= 4 is 11.5 Å². The number of tetrazole rings is 1. The van der Waals surface area contributed by atoms with Crippen LogP contribution in [0, 0.1) is 5.82 Å². The van der Waals surface area contributed by atoms with Gasteiger partial charge in [0.05, 0.1) is 5.69 Å². The van der Waals surface area contributed by atoms with Crippen LogP contribution in [0.25, 0.3) is 5.76 Å². The summed E-state index contributed by atoms with van der Waals surface area (Å²) in [5, 5.41) is 28.8. The SMILES string of the molecule is O=C(C=C(O)c1nn[nH]n1)c1cc(Cc2cccc(F)c2)n[nH]1.